The highest BCUT2D eigenvalue weighted by Gasteiger charge is 2.14. The maximum atomic E-state index is 12.3. The predicted octanol–water partition coefficient (Wildman–Crippen LogP) is 2.07. The molecule has 0 amide bonds. The second-order valence-electron chi connectivity index (χ2n) is 5.07. The van der Waals surface area contributed by atoms with E-state index in [0.29, 0.717) is 36.5 Å². The molecule has 0 fully saturated rings. The van der Waals surface area contributed by atoms with E-state index in [9.17, 15) is 4.39 Å². The Morgan fingerprint density at radius 1 is 1.18 bits per heavy atom. The average Bonchev–Trinajstić information content (AvgIpc) is 2.96. The summed E-state index contributed by atoms with van der Waals surface area (Å²) in [6.07, 6.45) is 1.95. The van der Waals surface area contributed by atoms with Gasteiger partial charge in [-0.1, -0.05) is 35.5 Å². The van der Waals surface area contributed by atoms with Gasteiger partial charge in [0.05, 0.1) is 13.2 Å². The fourth-order valence-corrected chi connectivity index (χ4v) is 2.32. The van der Waals surface area contributed by atoms with Crippen LogP contribution in [0.4, 0.5) is 10.2 Å². The largest absolute Gasteiger partial charge is 0.358 e. The number of nitrogens with zero attached hydrogens (tertiary/aromatic N) is 6. The monoisotopic (exact) mass is 300 g/mol. The first-order valence-corrected chi connectivity index (χ1v) is 7.15. The maximum absolute atomic E-state index is 12.3. The average molecular weight is 300 g/mol. The molecular weight excluding hydrogens is 283 g/mol. The second-order valence-corrected chi connectivity index (χ2v) is 5.07. The highest BCUT2D eigenvalue weighted by molar-refractivity contribution is 5.82. The summed E-state index contributed by atoms with van der Waals surface area (Å²) in [7, 11) is 1.87. The van der Waals surface area contributed by atoms with E-state index in [2.05, 4.69) is 20.3 Å². The molecular formula is C15H17FN6. The Kier molecular flexibility index (Phi) is 4.22. The quantitative estimate of drug-likeness (QED) is 0.697. The Balaban J connectivity index is 1.91. The van der Waals surface area contributed by atoms with Gasteiger partial charge in [-0.2, -0.15) is 0 Å². The van der Waals surface area contributed by atoms with E-state index in [1.807, 2.05) is 42.3 Å². The van der Waals surface area contributed by atoms with Crippen molar-refractivity contribution in [1.29, 1.82) is 0 Å². The molecule has 0 N–H and O–H groups in total. The number of halogens is 1. The summed E-state index contributed by atoms with van der Waals surface area (Å²) in [5.74, 6) is 0.678. The molecule has 114 valence electrons. The number of benzene rings is 1. The SMILES string of the molecule is CN(CCCF)c1ncnc2c1nnn2Cc1ccccc1. The van der Waals surface area contributed by atoms with Crippen LogP contribution in [0.25, 0.3) is 11.2 Å². The van der Waals surface area contributed by atoms with Crippen LogP contribution < -0.4 is 4.90 Å². The summed E-state index contributed by atoms with van der Waals surface area (Å²) in [5.41, 5.74) is 2.45. The van der Waals surface area contributed by atoms with E-state index in [1.165, 1.54) is 6.33 Å². The molecule has 1 aromatic carbocycles. The zero-order chi connectivity index (χ0) is 15.4. The Morgan fingerprint density at radius 2 is 2.00 bits per heavy atom. The summed E-state index contributed by atoms with van der Waals surface area (Å²) >= 11 is 0. The number of hydrogen-bond donors (Lipinski definition) is 0. The number of alkyl halides is 1. The molecule has 0 spiro atoms. The van der Waals surface area contributed by atoms with E-state index >= 15 is 0 Å². The minimum absolute atomic E-state index is 0.348. The van der Waals surface area contributed by atoms with Crippen molar-refractivity contribution in [3.8, 4) is 0 Å². The smallest absolute Gasteiger partial charge is 0.184 e. The van der Waals surface area contributed by atoms with Crippen LogP contribution in [0.3, 0.4) is 0 Å². The summed E-state index contributed by atoms with van der Waals surface area (Å²) in [6, 6.07) is 10.0. The van der Waals surface area contributed by atoms with Crippen LogP contribution in [0.2, 0.25) is 0 Å². The molecule has 3 rings (SSSR count). The normalized spacial score (nSPS) is 11.0. The third kappa shape index (κ3) is 2.88. The van der Waals surface area contributed by atoms with Crippen molar-refractivity contribution >= 4 is 17.0 Å². The lowest BCUT2D eigenvalue weighted by Crippen LogP contribution is -2.20. The van der Waals surface area contributed by atoms with Gasteiger partial charge < -0.3 is 4.90 Å². The first kappa shape index (κ1) is 14.4. The van der Waals surface area contributed by atoms with E-state index < -0.39 is 0 Å². The predicted molar refractivity (Wildman–Crippen MR) is 82.5 cm³/mol. The first-order chi connectivity index (χ1) is 10.8. The molecule has 0 atom stereocenters. The van der Waals surface area contributed by atoms with Gasteiger partial charge in [0.15, 0.2) is 17.0 Å². The van der Waals surface area contributed by atoms with Gasteiger partial charge in [-0.25, -0.2) is 14.6 Å². The standard InChI is InChI=1S/C15H17FN6/c1-21(9-5-8-16)14-13-15(18-11-17-14)22(20-19-13)10-12-6-3-2-4-7-12/h2-4,6-7,11H,5,8-10H2,1H3. The van der Waals surface area contributed by atoms with Gasteiger partial charge in [-0.15, -0.1) is 5.10 Å². The molecule has 0 aliphatic heterocycles. The maximum Gasteiger partial charge on any atom is 0.184 e. The molecule has 3 aromatic rings. The van der Waals surface area contributed by atoms with E-state index in [-0.39, 0.29) is 6.67 Å². The molecule has 7 heteroatoms. The number of fused-ring (bicyclic) bond motifs is 1. The fourth-order valence-electron chi connectivity index (χ4n) is 2.32. The van der Waals surface area contributed by atoms with Gasteiger partial charge in [-0.3, -0.25) is 4.39 Å². The molecule has 6 nitrogen and oxygen atoms in total. The van der Waals surface area contributed by atoms with Crippen LogP contribution in [0, 0.1) is 0 Å². The Hall–Kier alpha value is -2.57. The van der Waals surface area contributed by atoms with Crippen LogP contribution in [0.15, 0.2) is 36.7 Å². The Bertz CT molecular complexity index is 742. The van der Waals surface area contributed by atoms with Crippen LogP contribution >= 0.6 is 0 Å². The number of rotatable bonds is 6. The third-order valence-electron chi connectivity index (χ3n) is 3.44. The molecule has 0 unspecified atom stereocenters. The zero-order valence-electron chi connectivity index (χ0n) is 12.4. The van der Waals surface area contributed by atoms with Crippen molar-refractivity contribution in [3.63, 3.8) is 0 Å². The number of hydrogen-bond acceptors (Lipinski definition) is 5. The molecule has 0 saturated carbocycles. The van der Waals surface area contributed by atoms with Gasteiger partial charge in [0.25, 0.3) is 0 Å². The second kappa shape index (κ2) is 6.46. The zero-order valence-corrected chi connectivity index (χ0v) is 12.4. The minimum Gasteiger partial charge on any atom is -0.358 e. The van der Waals surface area contributed by atoms with Crippen molar-refractivity contribution in [2.24, 2.45) is 0 Å². The highest BCUT2D eigenvalue weighted by atomic mass is 19.1. The Morgan fingerprint density at radius 3 is 2.77 bits per heavy atom. The highest BCUT2D eigenvalue weighted by Crippen LogP contribution is 2.20. The van der Waals surface area contributed by atoms with E-state index in [0.717, 1.165) is 5.56 Å². The van der Waals surface area contributed by atoms with Crippen molar-refractivity contribution in [2.75, 3.05) is 25.2 Å². The lowest BCUT2D eigenvalue weighted by Gasteiger charge is -2.16. The topological polar surface area (TPSA) is 59.7 Å². The lowest BCUT2D eigenvalue weighted by molar-refractivity contribution is 0.474. The van der Waals surface area contributed by atoms with Gasteiger partial charge in [0, 0.05) is 13.6 Å². The fraction of sp³-hybridized carbons (Fsp3) is 0.333. The Labute approximate surface area is 127 Å². The molecule has 0 aliphatic rings. The minimum atomic E-state index is -0.348. The molecule has 2 heterocycles. The van der Waals surface area contributed by atoms with Gasteiger partial charge in [-0.05, 0) is 12.0 Å². The van der Waals surface area contributed by atoms with Crippen molar-refractivity contribution in [2.45, 2.75) is 13.0 Å². The number of aromatic nitrogens is 5. The van der Waals surface area contributed by atoms with Crippen molar-refractivity contribution in [1.82, 2.24) is 25.0 Å². The molecule has 0 bridgehead atoms. The van der Waals surface area contributed by atoms with Gasteiger partial charge in [0.2, 0.25) is 0 Å². The molecule has 0 aliphatic carbocycles. The first-order valence-electron chi connectivity index (χ1n) is 7.15. The van der Waals surface area contributed by atoms with Crippen LogP contribution in [0.1, 0.15) is 12.0 Å². The van der Waals surface area contributed by atoms with Crippen LogP contribution in [-0.4, -0.2) is 45.2 Å². The third-order valence-corrected chi connectivity index (χ3v) is 3.44. The van der Waals surface area contributed by atoms with Crippen molar-refractivity contribution in [3.05, 3.63) is 42.2 Å². The van der Waals surface area contributed by atoms with Gasteiger partial charge >= 0.3 is 0 Å². The number of anilines is 1. The molecule has 0 radical (unpaired) electrons. The molecule has 22 heavy (non-hydrogen) atoms. The van der Waals surface area contributed by atoms with Crippen LogP contribution in [0.5, 0.6) is 0 Å². The lowest BCUT2D eigenvalue weighted by atomic mass is 10.2. The van der Waals surface area contributed by atoms with Crippen molar-refractivity contribution < 1.29 is 4.39 Å². The van der Waals surface area contributed by atoms with Crippen LogP contribution in [-0.2, 0) is 6.54 Å². The van der Waals surface area contributed by atoms with E-state index in [4.69, 9.17) is 0 Å². The molecule has 0 saturated heterocycles. The summed E-state index contributed by atoms with van der Waals surface area (Å²) < 4.78 is 14.1. The van der Waals surface area contributed by atoms with Gasteiger partial charge in [0.1, 0.15) is 6.33 Å². The van der Waals surface area contributed by atoms with E-state index in [1.54, 1.807) is 4.68 Å². The summed E-state index contributed by atoms with van der Waals surface area (Å²) in [6.45, 7) is 0.829. The summed E-state index contributed by atoms with van der Waals surface area (Å²) in [4.78, 5) is 10.4. The molecule has 2 aromatic heterocycles. The summed E-state index contributed by atoms with van der Waals surface area (Å²) in [5, 5.41) is 8.37.